The molecule has 0 fully saturated rings. The number of aryl methyl sites for hydroxylation is 1. The van der Waals surface area contributed by atoms with Crippen molar-refractivity contribution >= 4 is 0 Å². The summed E-state index contributed by atoms with van der Waals surface area (Å²) in [6, 6.07) is 7.98. The first-order chi connectivity index (χ1) is 7.13. The van der Waals surface area contributed by atoms with Gasteiger partial charge in [-0.15, -0.1) is 0 Å². The summed E-state index contributed by atoms with van der Waals surface area (Å²) in [4.78, 5) is 0. The molecule has 2 nitrogen and oxygen atoms in total. The Morgan fingerprint density at radius 3 is 2.60 bits per heavy atom. The number of hydrogen-bond donors (Lipinski definition) is 1. The molecule has 2 heteroatoms. The van der Waals surface area contributed by atoms with Crippen LogP contribution in [0.3, 0.4) is 0 Å². The molecule has 0 bridgehead atoms. The van der Waals surface area contributed by atoms with Gasteiger partial charge in [-0.2, -0.15) is 0 Å². The Hall–Kier alpha value is -1.02. The van der Waals surface area contributed by atoms with Crippen LogP contribution >= 0.6 is 0 Å². The lowest BCUT2D eigenvalue weighted by molar-refractivity contribution is 0.130. The first-order valence-electron chi connectivity index (χ1n) is 5.43. The topological polar surface area (TPSA) is 29.5 Å². The summed E-state index contributed by atoms with van der Waals surface area (Å²) in [6.45, 7) is 7.00. The van der Waals surface area contributed by atoms with Crippen LogP contribution in [0, 0.1) is 18.8 Å². The zero-order chi connectivity index (χ0) is 11.3. The summed E-state index contributed by atoms with van der Waals surface area (Å²) >= 11 is 0. The average molecular weight is 208 g/mol. The first-order valence-corrected chi connectivity index (χ1v) is 5.43. The second-order valence-electron chi connectivity index (χ2n) is 4.31. The molecule has 0 aliphatic carbocycles. The SMILES string of the molecule is Cc1cccc(OCC(CO)C(C)C)c1. The molecular formula is C13H20O2. The number of ether oxygens (including phenoxy) is 1. The van der Waals surface area contributed by atoms with E-state index in [9.17, 15) is 0 Å². The molecule has 1 rings (SSSR count). The minimum atomic E-state index is 0.184. The third-order valence-corrected chi connectivity index (χ3v) is 2.63. The van der Waals surface area contributed by atoms with Gasteiger partial charge in [0.05, 0.1) is 6.61 Å². The van der Waals surface area contributed by atoms with E-state index in [0.29, 0.717) is 12.5 Å². The lowest BCUT2D eigenvalue weighted by Gasteiger charge is -2.18. The molecule has 0 radical (unpaired) electrons. The largest absolute Gasteiger partial charge is 0.493 e. The second-order valence-corrected chi connectivity index (χ2v) is 4.31. The van der Waals surface area contributed by atoms with Gasteiger partial charge in [0.15, 0.2) is 0 Å². The van der Waals surface area contributed by atoms with Crippen molar-refractivity contribution in [2.45, 2.75) is 20.8 Å². The van der Waals surface area contributed by atoms with E-state index in [2.05, 4.69) is 13.8 Å². The Morgan fingerprint density at radius 1 is 1.33 bits per heavy atom. The van der Waals surface area contributed by atoms with Gasteiger partial charge in [-0.05, 0) is 30.5 Å². The molecule has 0 aliphatic heterocycles. The molecule has 1 aromatic carbocycles. The number of aliphatic hydroxyl groups excluding tert-OH is 1. The van der Waals surface area contributed by atoms with Crippen LogP contribution in [0.15, 0.2) is 24.3 Å². The maximum atomic E-state index is 9.15. The van der Waals surface area contributed by atoms with Gasteiger partial charge in [-0.3, -0.25) is 0 Å². The molecule has 0 saturated carbocycles. The van der Waals surface area contributed by atoms with Gasteiger partial charge in [-0.1, -0.05) is 26.0 Å². The van der Waals surface area contributed by atoms with E-state index in [0.717, 1.165) is 5.75 Å². The maximum absolute atomic E-state index is 9.15. The van der Waals surface area contributed by atoms with Crippen LogP contribution in [-0.4, -0.2) is 18.3 Å². The summed E-state index contributed by atoms with van der Waals surface area (Å²) in [6.07, 6.45) is 0. The highest BCUT2D eigenvalue weighted by Gasteiger charge is 2.12. The molecule has 15 heavy (non-hydrogen) atoms. The van der Waals surface area contributed by atoms with Crippen molar-refractivity contribution in [1.29, 1.82) is 0 Å². The minimum Gasteiger partial charge on any atom is -0.493 e. The number of aliphatic hydroxyl groups is 1. The molecule has 0 saturated heterocycles. The van der Waals surface area contributed by atoms with Gasteiger partial charge >= 0.3 is 0 Å². The highest BCUT2D eigenvalue weighted by molar-refractivity contribution is 5.27. The third-order valence-electron chi connectivity index (χ3n) is 2.63. The number of rotatable bonds is 5. The van der Waals surface area contributed by atoms with Gasteiger partial charge in [-0.25, -0.2) is 0 Å². The van der Waals surface area contributed by atoms with Crippen LogP contribution in [0.25, 0.3) is 0 Å². The summed E-state index contributed by atoms with van der Waals surface area (Å²) in [5, 5.41) is 9.15. The molecule has 0 amide bonds. The van der Waals surface area contributed by atoms with E-state index in [1.807, 2.05) is 31.2 Å². The van der Waals surface area contributed by atoms with Gasteiger partial charge in [0, 0.05) is 12.5 Å². The summed E-state index contributed by atoms with van der Waals surface area (Å²) in [5.41, 5.74) is 1.19. The summed E-state index contributed by atoms with van der Waals surface area (Å²) in [7, 11) is 0. The van der Waals surface area contributed by atoms with Gasteiger partial charge in [0.2, 0.25) is 0 Å². The van der Waals surface area contributed by atoms with Crippen LogP contribution in [-0.2, 0) is 0 Å². The maximum Gasteiger partial charge on any atom is 0.119 e. The quantitative estimate of drug-likeness (QED) is 0.806. The Labute approximate surface area is 91.9 Å². The molecule has 0 aromatic heterocycles. The molecule has 1 atom stereocenters. The Kier molecular flexibility index (Phi) is 4.63. The fourth-order valence-electron chi connectivity index (χ4n) is 1.36. The van der Waals surface area contributed by atoms with Crippen LogP contribution in [0.1, 0.15) is 19.4 Å². The van der Waals surface area contributed by atoms with Crippen molar-refractivity contribution in [2.24, 2.45) is 11.8 Å². The van der Waals surface area contributed by atoms with Gasteiger partial charge < -0.3 is 9.84 Å². The van der Waals surface area contributed by atoms with Crippen molar-refractivity contribution in [2.75, 3.05) is 13.2 Å². The van der Waals surface area contributed by atoms with Gasteiger partial charge in [0.25, 0.3) is 0 Å². The lowest BCUT2D eigenvalue weighted by atomic mass is 9.98. The van der Waals surface area contributed by atoms with E-state index in [4.69, 9.17) is 9.84 Å². The van der Waals surface area contributed by atoms with Crippen molar-refractivity contribution in [3.05, 3.63) is 29.8 Å². The third kappa shape index (κ3) is 3.92. The van der Waals surface area contributed by atoms with E-state index >= 15 is 0 Å². The van der Waals surface area contributed by atoms with E-state index in [-0.39, 0.29) is 12.5 Å². The summed E-state index contributed by atoms with van der Waals surface area (Å²) < 4.78 is 5.64. The second kappa shape index (κ2) is 5.76. The fourth-order valence-corrected chi connectivity index (χ4v) is 1.36. The van der Waals surface area contributed by atoms with Crippen molar-refractivity contribution in [3.8, 4) is 5.75 Å². The van der Waals surface area contributed by atoms with Crippen molar-refractivity contribution < 1.29 is 9.84 Å². The Morgan fingerprint density at radius 2 is 2.07 bits per heavy atom. The number of benzene rings is 1. The van der Waals surface area contributed by atoms with Crippen LogP contribution in [0.2, 0.25) is 0 Å². The molecule has 1 N–H and O–H groups in total. The lowest BCUT2D eigenvalue weighted by Crippen LogP contribution is -2.21. The molecule has 1 aromatic rings. The zero-order valence-electron chi connectivity index (χ0n) is 9.73. The molecule has 0 aliphatic rings. The standard InChI is InChI=1S/C13H20O2/c1-10(2)12(8-14)9-15-13-6-4-5-11(3)7-13/h4-7,10,12,14H,8-9H2,1-3H3. The predicted molar refractivity (Wildman–Crippen MR) is 62.1 cm³/mol. The predicted octanol–water partition coefficient (Wildman–Crippen LogP) is 2.64. The summed E-state index contributed by atoms with van der Waals surface area (Å²) in [5.74, 6) is 1.54. The van der Waals surface area contributed by atoms with Crippen LogP contribution in [0.4, 0.5) is 0 Å². The van der Waals surface area contributed by atoms with E-state index < -0.39 is 0 Å². The smallest absolute Gasteiger partial charge is 0.119 e. The average Bonchev–Trinajstić information content (AvgIpc) is 2.18. The Balaban J connectivity index is 2.49. The van der Waals surface area contributed by atoms with E-state index in [1.165, 1.54) is 5.56 Å². The molecule has 84 valence electrons. The Bertz CT molecular complexity index is 294. The van der Waals surface area contributed by atoms with Crippen molar-refractivity contribution in [1.82, 2.24) is 0 Å². The molecule has 0 heterocycles. The first kappa shape index (κ1) is 12.1. The van der Waals surface area contributed by atoms with E-state index in [1.54, 1.807) is 0 Å². The van der Waals surface area contributed by atoms with Crippen molar-refractivity contribution in [3.63, 3.8) is 0 Å². The number of hydrogen-bond acceptors (Lipinski definition) is 2. The molecular weight excluding hydrogens is 188 g/mol. The fraction of sp³-hybridized carbons (Fsp3) is 0.538. The molecule has 1 unspecified atom stereocenters. The van der Waals surface area contributed by atoms with Gasteiger partial charge in [0.1, 0.15) is 5.75 Å². The van der Waals surface area contributed by atoms with Crippen LogP contribution in [0.5, 0.6) is 5.75 Å². The minimum absolute atomic E-state index is 0.184. The van der Waals surface area contributed by atoms with Crippen LogP contribution < -0.4 is 4.74 Å². The highest BCUT2D eigenvalue weighted by atomic mass is 16.5. The monoisotopic (exact) mass is 208 g/mol. The normalized spacial score (nSPS) is 12.9. The highest BCUT2D eigenvalue weighted by Crippen LogP contribution is 2.16. The molecule has 0 spiro atoms. The zero-order valence-corrected chi connectivity index (χ0v) is 9.73.